The Hall–Kier alpha value is -0.860. The Morgan fingerprint density at radius 3 is 2.62 bits per heavy atom. The van der Waals surface area contributed by atoms with E-state index in [-0.39, 0.29) is 11.3 Å². The Morgan fingerprint density at radius 2 is 2.06 bits per heavy atom. The summed E-state index contributed by atoms with van der Waals surface area (Å²) in [5, 5.41) is 3.55. The SMILES string of the molecule is Cc1cccc(CC2(C)NC(C)(C)CO2)c1. The Kier molecular flexibility index (Phi) is 2.81. The molecule has 1 aromatic rings. The van der Waals surface area contributed by atoms with E-state index in [1.807, 2.05) is 0 Å². The van der Waals surface area contributed by atoms with E-state index >= 15 is 0 Å². The highest BCUT2D eigenvalue weighted by Gasteiger charge is 2.39. The second kappa shape index (κ2) is 3.86. The van der Waals surface area contributed by atoms with Crippen LogP contribution in [0.25, 0.3) is 0 Å². The molecule has 1 aromatic carbocycles. The fourth-order valence-electron chi connectivity index (χ4n) is 2.43. The number of rotatable bonds is 2. The summed E-state index contributed by atoms with van der Waals surface area (Å²) < 4.78 is 5.89. The van der Waals surface area contributed by atoms with Crippen molar-refractivity contribution in [2.24, 2.45) is 0 Å². The topological polar surface area (TPSA) is 21.3 Å². The highest BCUT2D eigenvalue weighted by Crippen LogP contribution is 2.26. The molecule has 0 aromatic heterocycles. The first kappa shape index (κ1) is 11.6. The van der Waals surface area contributed by atoms with Gasteiger partial charge in [0.25, 0.3) is 0 Å². The van der Waals surface area contributed by atoms with Crippen LogP contribution >= 0.6 is 0 Å². The van der Waals surface area contributed by atoms with E-state index in [2.05, 4.69) is 57.3 Å². The lowest BCUT2D eigenvalue weighted by Gasteiger charge is -2.26. The first-order valence-electron chi connectivity index (χ1n) is 5.87. The molecule has 2 heteroatoms. The summed E-state index contributed by atoms with van der Waals surface area (Å²) in [5.74, 6) is 0. The van der Waals surface area contributed by atoms with Gasteiger partial charge in [0.1, 0.15) is 5.72 Å². The van der Waals surface area contributed by atoms with Crippen molar-refractivity contribution in [2.75, 3.05) is 6.61 Å². The summed E-state index contributed by atoms with van der Waals surface area (Å²) in [7, 11) is 0. The Morgan fingerprint density at radius 1 is 1.31 bits per heavy atom. The minimum Gasteiger partial charge on any atom is -0.359 e. The van der Waals surface area contributed by atoms with Crippen molar-refractivity contribution in [1.82, 2.24) is 5.32 Å². The number of hydrogen-bond donors (Lipinski definition) is 1. The summed E-state index contributed by atoms with van der Waals surface area (Å²) >= 11 is 0. The van der Waals surface area contributed by atoms with Crippen molar-refractivity contribution >= 4 is 0 Å². The largest absolute Gasteiger partial charge is 0.359 e. The molecule has 2 rings (SSSR count). The zero-order valence-electron chi connectivity index (χ0n) is 10.6. The third-order valence-corrected chi connectivity index (χ3v) is 2.98. The molecule has 0 amide bonds. The summed E-state index contributed by atoms with van der Waals surface area (Å²) in [6, 6.07) is 8.61. The van der Waals surface area contributed by atoms with Gasteiger partial charge in [0.15, 0.2) is 0 Å². The van der Waals surface area contributed by atoms with Crippen LogP contribution in [0.4, 0.5) is 0 Å². The number of hydrogen-bond acceptors (Lipinski definition) is 2. The molecule has 88 valence electrons. The lowest BCUT2D eigenvalue weighted by atomic mass is 10.0. The van der Waals surface area contributed by atoms with E-state index in [0.717, 1.165) is 13.0 Å². The number of nitrogens with one attached hydrogen (secondary N) is 1. The van der Waals surface area contributed by atoms with Crippen LogP contribution in [0, 0.1) is 6.92 Å². The molecule has 0 radical (unpaired) electrons. The van der Waals surface area contributed by atoms with Crippen LogP contribution in [0.2, 0.25) is 0 Å². The second-order valence-electron chi connectivity index (χ2n) is 5.69. The normalized spacial score (nSPS) is 28.2. The van der Waals surface area contributed by atoms with Crippen molar-refractivity contribution in [2.45, 2.75) is 45.4 Å². The Bertz CT molecular complexity index is 386. The van der Waals surface area contributed by atoms with Gasteiger partial charge in [0.05, 0.1) is 6.61 Å². The molecule has 16 heavy (non-hydrogen) atoms. The molecule has 1 saturated heterocycles. The molecular weight excluding hydrogens is 198 g/mol. The monoisotopic (exact) mass is 219 g/mol. The zero-order valence-corrected chi connectivity index (χ0v) is 10.6. The predicted octanol–water partition coefficient (Wildman–Crippen LogP) is 2.65. The van der Waals surface area contributed by atoms with Gasteiger partial charge in [0.2, 0.25) is 0 Å². The zero-order chi connectivity index (χ0) is 11.8. The van der Waals surface area contributed by atoms with E-state index in [1.165, 1.54) is 11.1 Å². The summed E-state index contributed by atoms with van der Waals surface area (Å²) in [6.07, 6.45) is 0.915. The molecular formula is C14H21NO. The highest BCUT2D eigenvalue weighted by molar-refractivity contribution is 5.23. The van der Waals surface area contributed by atoms with Crippen molar-refractivity contribution in [3.05, 3.63) is 35.4 Å². The molecule has 1 fully saturated rings. The van der Waals surface area contributed by atoms with Crippen LogP contribution in [0.1, 0.15) is 31.9 Å². The summed E-state index contributed by atoms with van der Waals surface area (Å²) in [6.45, 7) is 9.38. The third-order valence-electron chi connectivity index (χ3n) is 2.98. The van der Waals surface area contributed by atoms with Gasteiger partial charge in [-0.05, 0) is 33.3 Å². The van der Waals surface area contributed by atoms with Crippen LogP contribution in [0.15, 0.2) is 24.3 Å². The molecule has 1 unspecified atom stereocenters. The maximum Gasteiger partial charge on any atom is 0.121 e. The molecule has 1 aliphatic rings. The molecule has 0 spiro atoms. The number of benzene rings is 1. The minimum atomic E-state index is -0.225. The molecule has 1 N–H and O–H groups in total. The van der Waals surface area contributed by atoms with Crippen molar-refractivity contribution < 1.29 is 4.74 Å². The van der Waals surface area contributed by atoms with Gasteiger partial charge in [-0.1, -0.05) is 29.8 Å². The van der Waals surface area contributed by atoms with E-state index in [9.17, 15) is 0 Å². The minimum absolute atomic E-state index is 0.0819. The van der Waals surface area contributed by atoms with Gasteiger partial charge in [-0.25, -0.2) is 0 Å². The maximum absolute atomic E-state index is 5.89. The Balaban J connectivity index is 2.10. The smallest absolute Gasteiger partial charge is 0.121 e. The molecule has 1 heterocycles. The molecule has 1 atom stereocenters. The van der Waals surface area contributed by atoms with E-state index in [4.69, 9.17) is 4.74 Å². The van der Waals surface area contributed by atoms with Crippen LogP contribution < -0.4 is 5.32 Å². The van der Waals surface area contributed by atoms with Crippen molar-refractivity contribution in [3.63, 3.8) is 0 Å². The maximum atomic E-state index is 5.89. The van der Waals surface area contributed by atoms with E-state index in [0.29, 0.717) is 0 Å². The summed E-state index contributed by atoms with van der Waals surface area (Å²) in [5.41, 5.74) is 2.49. The second-order valence-corrected chi connectivity index (χ2v) is 5.69. The average Bonchev–Trinajstić information content (AvgIpc) is 2.40. The molecule has 0 bridgehead atoms. The van der Waals surface area contributed by atoms with Gasteiger partial charge in [-0.3, -0.25) is 5.32 Å². The first-order chi connectivity index (χ1) is 7.39. The lowest BCUT2D eigenvalue weighted by Crippen LogP contribution is -2.47. The van der Waals surface area contributed by atoms with Gasteiger partial charge >= 0.3 is 0 Å². The molecule has 0 aliphatic carbocycles. The number of aryl methyl sites for hydroxylation is 1. The lowest BCUT2D eigenvalue weighted by molar-refractivity contribution is 0.00669. The Labute approximate surface area is 98.0 Å². The first-order valence-corrected chi connectivity index (χ1v) is 5.87. The van der Waals surface area contributed by atoms with Gasteiger partial charge < -0.3 is 4.74 Å². The van der Waals surface area contributed by atoms with Crippen molar-refractivity contribution in [3.8, 4) is 0 Å². The molecule has 2 nitrogen and oxygen atoms in total. The quantitative estimate of drug-likeness (QED) is 0.825. The average molecular weight is 219 g/mol. The standard InChI is InChI=1S/C14H21NO/c1-11-6-5-7-12(8-11)9-14(4)15-13(2,3)10-16-14/h5-8,15H,9-10H2,1-4H3. The third kappa shape index (κ3) is 2.63. The molecule has 0 saturated carbocycles. The summed E-state index contributed by atoms with van der Waals surface area (Å²) in [4.78, 5) is 0. The highest BCUT2D eigenvalue weighted by atomic mass is 16.5. The fourth-order valence-corrected chi connectivity index (χ4v) is 2.43. The van der Waals surface area contributed by atoms with E-state index < -0.39 is 0 Å². The van der Waals surface area contributed by atoms with Gasteiger partial charge in [-0.15, -0.1) is 0 Å². The van der Waals surface area contributed by atoms with Crippen LogP contribution in [0.5, 0.6) is 0 Å². The predicted molar refractivity (Wildman–Crippen MR) is 66.5 cm³/mol. The van der Waals surface area contributed by atoms with Crippen LogP contribution in [-0.2, 0) is 11.2 Å². The van der Waals surface area contributed by atoms with Crippen LogP contribution in [-0.4, -0.2) is 17.9 Å². The van der Waals surface area contributed by atoms with Crippen molar-refractivity contribution in [1.29, 1.82) is 0 Å². The number of ether oxygens (including phenoxy) is 1. The van der Waals surface area contributed by atoms with Gasteiger partial charge in [0, 0.05) is 12.0 Å². The van der Waals surface area contributed by atoms with Crippen LogP contribution in [0.3, 0.4) is 0 Å². The van der Waals surface area contributed by atoms with Gasteiger partial charge in [-0.2, -0.15) is 0 Å². The van der Waals surface area contributed by atoms with E-state index in [1.54, 1.807) is 0 Å². The fraction of sp³-hybridized carbons (Fsp3) is 0.571. The molecule has 1 aliphatic heterocycles.